The van der Waals surface area contributed by atoms with Crippen molar-refractivity contribution in [2.45, 2.75) is 33.3 Å². The molecule has 1 aromatic heterocycles. The van der Waals surface area contributed by atoms with Gasteiger partial charge in [0.25, 0.3) is 0 Å². The first kappa shape index (κ1) is 14.7. The van der Waals surface area contributed by atoms with Crippen LogP contribution in [0.5, 0.6) is 0 Å². The molecule has 102 valence electrons. The lowest BCUT2D eigenvalue weighted by molar-refractivity contribution is 0.105. The van der Waals surface area contributed by atoms with Crippen LogP contribution in [-0.4, -0.2) is 46.0 Å². The van der Waals surface area contributed by atoms with E-state index in [0.717, 1.165) is 24.3 Å². The van der Waals surface area contributed by atoms with E-state index in [-0.39, 0.29) is 13.2 Å². The zero-order valence-electron chi connectivity index (χ0n) is 11.2. The maximum absolute atomic E-state index is 9.32. The molecule has 6 heteroatoms. The van der Waals surface area contributed by atoms with E-state index < -0.39 is 6.10 Å². The molecule has 0 saturated carbocycles. The molecule has 0 spiro atoms. The normalized spacial score (nSPS) is 12.3. The lowest BCUT2D eigenvalue weighted by atomic mass is 10.2. The third kappa shape index (κ3) is 4.12. The van der Waals surface area contributed by atoms with Gasteiger partial charge in [0.15, 0.2) is 0 Å². The van der Waals surface area contributed by atoms with Crippen molar-refractivity contribution in [2.75, 3.05) is 30.3 Å². The second-order valence-electron chi connectivity index (χ2n) is 4.24. The number of hydrogen-bond acceptors (Lipinski definition) is 6. The van der Waals surface area contributed by atoms with Crippen LogP contribution < -0.4 is 10.6 Å². The molecule has 0 bridgehead atoms. The van der Waals surface area contributed by atoms with Crippen LogP contribution in [0.25, 0.3) is 0 Å². The quantitative estimate of drug-likeness (QED) is 0.572. The predicted octanol–water partition coefficient (Wildman–Crippen LogP) is 0.680. The number of aliphatic hydroxyl groups excluding tert-OH is 2. The van der Waals surface area contributed by atoms with Crippen molar-refractivity contribution in [3.8, 4) is 0 Å². The second kappa shape index (κ2) is 7.13. The molecule has 1 aromatic rings. The Morgan fingerprint density at radius 3 is 2.33 bits per heavy atom. The van der Waals surface area contributed by atoms with Gasteiger partial charge < -0.3 is 20.8 Å². The Morgan fingerprint density at radius 2 is 1.78 bits per heavy atom. The van der Waals surface area contributed by atoms with Crippen LogP contribution in [-0.2, 0) is 0 Å². The lowest BCUT2D eigenvalue weighted by Gasteiger charge is -2.15. The average molecular weight is 254 g/mol. The van der Waals surface area contributed by atoms with Crippen LogP contribution in [0.15, 0.2) is 0 Å². The summed E-state index contributed by atoms with van der Waals surface area (Å²) < 4.78 is 0. The molecule has 1 atom stereocenters. The van der Waals surface area contributed by atoms with Crippen molar-refractivity contribution >= 4 is 11.6 Å². The van der Waals surface area contributed by atoms with Gasteiger partial charge in [0.1, 0.15) is 17.5 Å². The molecule has 0 aromatic carbocycles. The van der Waals surface area contributed by atoms with Gasteiger partial charge in [0.2, 0.25) is 0 Å². The van der Waals surface area contributed by atoms with Gasteiger partial charge in [0.05, 0.1) is 12.7 Å². The van der Waals surface area contributed by atoms with E-state index in [9.17, 15) is 5.11 Å². The number of hydrogen-bond donors (Lipinski definition) is 4. The summed E-state index contributed by atoms with van der Waals surface area (Å²) in [7, 11) is 0. The highest BCUT2D eigenvalue weighted by Crippen LogP contribution is 2.19. The van der Waals surface area contributed by atoms with Crippen molar-refractivity contribution in [3.63, 3.8) is 0 Å². The molecule has 1 rings (SSSR count). The van der Waals surface area contributed by atoms with Crippen molar-refractivity contribution in [3.05, 3.63) is 11.4 Å². The Labute approximate surface area is 107 Å². The van der Waals surface area contributed by atoms with Gasteiger partial charge in [0, 0.05) is 18.7 Å². The summed E-state index contributed by atoms with van der Waals surface area (Å²) >= 11 is 0. The third-order valence-electron chi connectivity index (χ3n) is 2.52. The summed E-state index contributed by atoms with van der Waals surface area (Å²) in [6.45, 7) is 6.69. The van der Waals surface area contributed by atoms with Gasteiger partial charge in [-0.2, -0.15) is 0 Å². The van der Waals surface area contributed by atoms with Crippen molar-refractivity contribution in [1.82, 2.24) is 9.97 Å². The topological polar surface area (TPSA) is 90.3 Å². The number of anilines is 2. The highest BCUT2D eigenvalue weighted by Gasteiger charge is 2.10. The number of aromatic nitrogens is 2. The Balaban J connectivity index is 2.80. The molecular formula is C12H22N4O2. The van der Waals surface area contributed by atoms with Gasteiger partial charge in [-0.25, -0.2) is 9.97 Å². The maximum Gasteiger partial charge on any atom is 0.134 e. The number of rotatable bonds is 7. The van der Waals surface area contributed by atoms with Gasteiger partial charge in [-0.1, -0.05) is 6.92 Å². The molecule has 0 aliphatic rings. The molecule has 0 aliphatic carbocycles. The standard InChI is InChI=1S/C12H22N4O2/c1-4-5-13-11-8(2)12(16-9(3)15-11)14-6-10(18)7-17/h10,17-18H,4-7H2,1-3H3,(H2,13,14,15,16). The number of nitrogens with zero attached hydrogens (tertiary/aromatic N) is 2. The SMILES string of the molecule is CCCNc1nc(C)nc(NCC(O)CO)c1C. The lowest BCUT2D eigenvalue weighted by Crippen LogP contribution is -2.24. The molecule has 1 unspecified atom stereocenters. The van der Waals surface area contributed by atoms with Crippen molar-refractivity contribution < 1.29 is 10.2 Å². The summed E-state index contributed by atoms with van der Waals surface area (Å²) in [4.78, 5) is 8.64. The van der Waals surface area contributed by atoms with Crippen LogP contribution in [0, 0.1) is 13.8 Å². The van der Waals surface area contributed by atoms with E-state index >= 15 is 0 Å². The molecule has 0 aliphatic heterocycles. The summed E-state index contributed by atoms with van der Waals surface area (Å²) in [6.07, 6.45) is 0.237. The molecule has 0 amide bonds. The molecule has 18 heavy (non-hydrogen) atoms. The van der Waals surface area contributed by atoms with Crippen LogP contribution in [0.1, 0.15) is 24.7 Å². The van der Waals surface area contributed by atoms with Crippen molar-refractivity contribution in [2.24, 2.45) is 0 Å². The van der Waals surface area contributed by atoms with Crippen LogP contribution in [0.2, 0.25) is 0 Å². The van der Waals surface area contributed by atoms with Crippen LogP contribution in [0.3, 0.4) is 0 Å². The fourth-order valence-electron chi connectivity index (χ4n) is 1.50. The maximum atomic E-state index is 9.32. The number of aryl methyl sites for hydroxylation is 1. The summed E-state index contributed by atoms with van der Waals surface area (Å²) in [5, 5.41) is 24.4. The first-order chi connectivity index (χ1) is 8.58. The summed E-state index contributed by atoms with van der Waals surface area (Å²) in [5.74, 6) is 2.17. The minimum absolute atomic E-state index is 0.265. The monoisotopic (exact) mass is 254 g/mol. The van der Waals surface area contributed by atoms with Gasteiger partial charge in [-0.05, 0) is 20.3 Å². The highest BCUT2D eigenvalue weighted by molar-refractivity contribution is 5.57. The molecule has 0 fully saturated rings. The van der Waals surface area contributed by atoms with E-state index in [1.165, 1.54) is 0 Å². The van der Waals surface area contributed by atoms with Gasteiger partial charge >= 0.3 is 0 Å². The minimum atomic E-state index is -0.785. The fraction of sp³-hybridized carbons (Fsp3) is 0.667. The number of aliphatic hydroxyl groups is 2. The van der Waals surface area contributed by atoms with Crippen LogP contribution >= 0.6 is 0 Å². The number of nitrogens with one attached hydrogen (secondary N) is 2. The van der Waals surface area contributed by atoms with E-state index in [0.29, 0.717) is 11.6 Å². The molecule has 1 heterocycles. The van der Waals surface area contributed by atoms with E-state index in [4.69, 9.17) is 5.11 Å². The van der Waals surface area contributed by atoms with E-state index in [1.807, 2.05) is 13.8 Å². The molecule has 6 nitrogen and oxygen atoms in total. The Hall–Kier alpha value is -1.40. The van der Waals surface area contributed by atoms with E-state index in [1.54, 1.807) is 0 Å². The molecule has 0 saturated heterocycles. The highest BCUT2D eigenvalue weighted by atomic mass is 16.3. The van der Waals surface area contributed by atoms with E-state index in [2.05, 4.69) is 27.5 Å². The smallest absolute Gasteiger partial charge is 0.134 e. The van der Waals surface area contributed by atoms with Crippen LogP contribution in [0.4, 0.5) is 11.6 Å². The third-order valence-corrected chi connectivity index (χ3v) is 2.52. The van der Waals surface area contributed by atoms with Crippen molar-refractivity contribution in [1.29, 1.82) is 0 Å². The van der Waals surface area contributed by atoms with Gasteiger partial charge in [-0.3, -0.25) is 0 Å². The first-order valence-corrected chi connectivity index (χ1v) is 6.20. The Kier molecular flexibility index (Phi) is 5.80. The predicted molar refractivity (Wildman–Crippen MR) is 71.9 cm³/mol. The zero-order valence-corrected chi connectivity index (χ0v) is 11.2. The molecular weight excluding hydrogens is 232 g/mol. The largest absolute Gasteiger partial charge is 0.394 e. The average Bonchev–Trinajstić information content (AvgIpc) is 2.37. The molecule has 4 N–H and O–H groups in total. The second-order valence-corrected chi connectivity index (χ2v) is 4.24. The minimum Gasteiger partial charge on any atom is -0.394 e. The Bertz CT molecular complexity index is 385. The Morgan fingerprint density at radius 1 is 1.17 bits per heavy atom. The summed E-state index contributed by atoms with van der Waals surface area (Å²) in [5.41, 5.74) is 0.916. The fourth-order valence-corrected chi connectivity index (χ4v) is 1.50. The van der Waals surface area contributed by atoms with Gasteiger partial charge in [-0.15, -0.1) is 0 Å². The molecule has 0 radical (unpaired) electrons. The summed E-state index contributed by atoms with van der Waals surface area (Å²) in [6, 6.07) is 0. The zero-order chi connectivity index (χ0) is 13.5. The first-order valence-electron chi connectivity index (χ1n) is 6.20.